The average Bonchev–Trinajstić information content (AvgIpc) is 3.29. The molecule has 1 fully saturated rings. The van der Waals surface area contributed by atoms with E-state index in [0.29, 0.717) is 25.9 Å². The van der Waals surface area contributed by atoms with E-state index in [1.165, 1.54) is 0 Å². The number of carbonyl (C=O) groups excluding carboxylic acids is 1. The van der Waals surface area contributed by atoms with Crippen molar-refractivity contribution in [2.75, 3.05) is 13.1 Å². The molecule has 1 aromatic carbocycles. The Morgan fingerprint density at radius 2 is 1.87 bits per heavy atom. The van der Waals surface area contributed by atoms with E-state index in [-0.39, 0.29) is 29.3 Å². The molecule has 4 N–H and O–H groups in total. The topological polar surface area (TPSA) is 101 Å². The van der Waals surface area contributed by atoms with Crippen LogP contribution in [0.5, 0.6) is 0 Å². The van der Waals surface area contributed by atoms with Crippen LogP contribution in [0, 0.1) is 0 Å². The molecule has 1 aliphatic carbocycles. The lowest BCUT2D eigenvalue weighted by Crippen LogP contribution is -2.26. The van der Waals surface area contributed by atoms with Crippen LogP contribution in [-0.2, 0) is 21.2 Å². The molecule has 0 heterocycles. The van der Waals surface area contributed by atoms with Crippen molar-refractivity contribution in [3.05, 3.63) is 29.8 Å². The highest BCUT2D eigenvalue weighted by Gasteiger charge is 2.27. The van der Waals surface area contributed by atoms with Gasteiger partial charge in [-0.3, -0.25) is 4.79 Å². The van der Waals surface area contributed by atoms with Crippen molar-refractivity contribution in [1.82, 2.24) is 10.0 Å². The van der Waals surface area contributed by atoms with Crippen molar-refractivity contribution in [3.63, 3.8) is 0 Å². The number of hydrogen-bond donors (Lipinski definition) is 3. The Morgan fingerprint density at radius 1 is 1.22 bits per heavy atom. The molecule has 0 bridgehead atoms. The van der Waals surface area contributed by atoms with Gasteiger partial charge < -0.3 is 11.1 Å². The van der Waals surface area contributed by atoms with Gasteiger partial charge in [0.25, 0.3) is 0 Å². The first-order valence-corrected chi connectivity index (χ1v) is 9.07. The van der Waals surface area contributed by atoms with Crippen molar-refractivity contribution in [3.8, 4) is 0 Å². The third-order valence-corrected chi connectivity index (χ3v) is 5.01. The Hall–Kier alpha value is -1.15. The SMILES string of the molecule is Cl.NCCCNC(=O)CCc1ccc(S(=O)(=O)NC2CC2)cc1. The van der Waals surface area contributed by atoms with E-state index in [1.807, 2.05) is 0 Å². The number of rotatable bonds is 9. The Morgan fingerprint density at radius 3 is 2.43 bits per heavy atom. The monoisotopic (exact) mass is 361 g/mol. The number of aryl methyl sites for hydroxylation is 1. The van der Waals surface area contributed by atoms with Crippen molar-refractivity contribution < 1.29 is 13.2 Å². The fourth-order valence-electron chi connectivity index (χ4n) is 2.00. The number of nitrogens with one attached hydrogen (secondary N) is 2. The van der Waals surface area contributed by atoms with E-state index in [0.717, 1.165) is 24.8 Å². The lowest BCUT2D eigenvalue weighted by molar-refractivity contribution is -0.121. The number of amides is 1. The zero-order valence-electron chi connectivity index (χ0n) is 13.0. The summed E-state index contributed by atoms with van der Waals surface area (Å²) in [7, 11) is -3.40. The third-order valence-electron chi connectivity index (χ3n) is 3.48. The summed E-state index contributed by atoms with van der Waals surface area (Å²) < 4.78 is 26.7. The summed E-state index contributed by atoms with van der Waals surface area (Å²) in [4.78, 5) is 11.9. The van der Waals surface area contributed by atoms with Gasteiger partial charge in [0.1, 0.15) is 0 Å². The molecule has 6 nitrogen and oxygen atoms in total. The molecule has 1 amide bonds. The molecule has 23 heavy (non-hydrogen) atoms. The zero-order valence-corrected chi connectivity index (χ0v) is 14.6. The van der Waals surface area contributed by atoms with Crippen LogP contribution in [0.1, 0.15) is 31.2 Å². The van der Waals surface area contributed by atoms with Crippen LogP contribution in [-0.4, -0.2) is 33.5 Å². The maximum absolute atomic E-state index is 12.0. The molecular weight excluding hydrogens is 338 g/mol. The van der Waals surface area contributed by atoms with Crippen LogP contribution in [0.3, 0.4) is 0 Å². The van der Waals surface area contributed by atoms with Gasteiger partial charge in [-0.2, -0.15) is 0 Å². The first kappa shape index (κ1) is 19.9. The first-order chi connectivity index (χ1) is 10.5. The van der Waals surface area contributed by atoms with Gasteiger partial charge in [-0.25, -0.2) is 13.1 Å². The third kappa shape index (κ3) is 6.87. The van der Waals surface area contributed by atoms with Crippen molar-refractivity contribution in [1.29, 1.82) is 0 Å². The second kappa shape index (κ2) is 9.22. The molecule has 0 saturated heterocycles. The Kier molecular flexibility index (Phi) is 7.98. The van der Waals surface area contributed by atoms with Crippen LogP contribution in [0.4, 0.5) is 0 Å². The molecule has 130 valence electrons. The zero-order chi connectivity index (χ0) is 16.0. The molecule has 0 spiro atoms. The molecule has 0 radical (unpaired) electrons. The molecule has 0 aliphatic heterocycles. The van der Waals surface area contributed by atoms with E-state index in [2.05, 4.69) is 10.0 Å². The maximum atomic E-state index is 12.0. The van der Waals surface area contributed by atoms with Gasteiger partial charge in [-0.15, -0.1) is 12.4 Å². The van der Waals surface area contributed by atoms with Gasteiger partial charge >= 0.3 is 0 Å². The minimum atomic E-state index is -3.40. The minimum absolute atomic E-state index is 0. The van der Waals surface area contributed by atoms with Crippen molar-refractivity contribution in [2.45, 2.75) is 43.0 Å². The van der Waals surface area contributed by atoms with Crippen molar-refractivity contribution >= 4 is 28.3 Å². The molecule has 2 rings (SSSR count). The lowest BCUT2D eigenvalue weighted by atomic mass is 10.1. The summed E-state index contributed by atoms with van der Waals surface area (Å²) in [6, 6.07) is 6.80. The fourth-order valence-corrected chi connectivity index (χ4v) is 3.31. The van der Waals surface area contributed by atoms with Crippen LogP contribution in [0.2, 0.25) is 0 Å². The summed E-state index contributed by atoms with van der Waals surface area (Å²) in [6.45, 7) is 1.16. The van der Waals surface area contributed by atoms with Gasteiger partial charge in [0.15, 0.2) is 0 Å². The molecule has 1 aliphatic rings. The lowest BCUT2D eigenvalue weighted by Gasteiger charge is -2.07. The van der Waals surface area contributed by atoms with Crippen LogP contribution in [0.15, 0.2) is 29.2 Å². The Labute approximate surface area is 143 Å². The largest absolute Gasteiger partial charge is 0.356 e. The Balaban J connectivity index is 0.00000264. The number of halogens is 1. The number of nitrogens with two attached hydrogens (primary N) is 1. The molecule has 0 atom stereocenters. The van der Waals surface area contributed by atoms with Gasteiger partial charge in [-0.1, -0.05) is 12.1 Å². The highest BCUT2D eigenvalue weighted by atomic mass is 35.5. The first-order valence-electron chi connectivity index (χ1n) is 7.59. The number of carbonyl (C=O) groups is 1. The van der Waals surface area contributed by atoms with Gasteiger partial charge in [-0.05, 0) is 49.9 Å². The molecule has 0 aromatic heterocycles. The fraction of sp³-hybridized carbons (Fsp3) is 0.533. The standard InChI is InChI=1S/C15H23N3O3S.ClH/c16-10-1-11-17-15(19)9-4-12-2-7-14(8-3-12)22(20,21)18-13-5-6-13;/h2-3,7-8,13,18H,1,4-6,9-11,16H2,(H,17,19);1H. The van der Waals surface area contributed by atoms with E-state index in [4.69, 9.17) is 5.73 Å². The van der Waals surface area contributed by atoms with Gasteiger partial charge in [0, 0.05) is 19.0 Å². The number of benzene rings is 1. The van der Waals surface area contributed by atoms with Crippen LogP contribution < -0.4 is 15.8 Å². The Bertz CT molecular complexity index is 601. The predicted octanol–water partition coefficient (Wildman–Crippen LogP) is 0.947. The summed E-state index contributed by atoms with van der Waals surface area (Å²) in [5, 5.41) is 2.79. The number of hydrogen-bond acceptors (Lipinski definition) is 4. The molecule has 1 saturated carbocycles. The highest BCUT2D eigenvalue weighted by molar-refractivity contribution is 7.89. The van der Waals surface area contributed by atoms with E-state index < -0.39 is 10.0 Å². The average molecular weight is 362 g/mol. The second-order valence-electron chi connectivity index (χ2n) is 5.53. The smallest absolute Gasteiger partial charge is 0.240 e. The summed E-state index contributed by atoms with van der Waals surface area (Å²) in [5.41, 5.74) is 6.30. The van der Waals surface area contributed by atoms with Gasteiger partial charge in [0.05, 0.1) is 4.90 Å². The summed E-state index contributed by atoms with van der Waals surface area (Å²) >= 11 is 0. The van der Waals surface area contributed by atoms with Crippen molar-refractivity contribution in [2.24, 2.45) is 5.73 Å². The summed E-state index contributed by atoms with van der Waals surface area (Å²) in [6.07, 6.45) is 3.57. The van der Waals surface area contributed by atoms with E-state index in [1.54, 1.807) is 24.3 Å². The van der Waals surface area contributed by atoms with Crippen LogP contribution >= 0.6 is 12.4 Å². The molecular formula is C15H24ClN3O3S. The second-order valence-corrected chi connectivity index (χ2v) is 7.25. The van der Waals surface area contributed by atoms with Gasteiger partial charge in [0.2, 0.25) is 15.9 Å². The molecule has 1 aromatic rings. The molecule has 0 unspecified atom stereocenters. The minimum Gasteiger partial charge on any atom is -0.356 e. The van der Waals surface area contributed by atoms with E-state index >= 15 is 0 Å². The molecule has 8 heteroatoms. The predicted molar refractivity (Wildman–Crippen MR) is 92.0 cm³/mol. The number of sulfonamides is 1. The maximum Gasteiger partial charge on any atom is 0.240 e. The van der Waals surface area contributed by atoms with E-state index in [9.17, 15) is 13.2 Å². The normalized spacial score (nSPS) is 14.1. The van der Waals surface area contributed by atoms with Crippen LogP contribution in [0.25, 0.3) is 0 Å². The quantitative estimate of drug-likeness (QED) is 0.570. The highest BCUT2D eigenvalue weighted by Crippen LogP contribution is 2.22. The summed E-state index contributed by atoms with van der Waals surface area (Å²) in [5.74, 6) is -0.0134.